The Labute approximate surface area is 226 Å². The van der Waals surface area contributed by atoms with Crippen molar-refractivity contribution in [2.45, 2.75) is 0 Å². The van der Waals surface area contributed by atoms with Gasteiger partial charge < -0.3 is 4.42 Å². The minimum absolute atomic E-state index is 0.151. The molecule has 0 N–H and O–H groups in total. The predicted molar refractivity (Wildman–Crippen MR) is 157 cm³/mol. The maximum atomic E-state index is 8.93. The molecule has 0 aliphatic heterocycles. The van der Waals surface area contributed by atoms with Gasteiger partial charge >= 0.3 is 0 Å². The van der Waals surface area contributed by atoms with Gasteiger partial charge in [0.05, 0.1) is 11.0 Å². The maximum Gasteiger partial charge on any atom is 0.136 e. The number of rotatable bonds is 1. The second-order valence-corrected chi connectivity index (χ2v) is 9.62. The Balaban J connectivity index is 1.60. The van der Waals surface area contributed by atoms with Gasteiger partial charge in [-0.25, -0.2) is 0 Å². The van der Waals surface area contributed by atoms with Crippen LogP contribution in [0, 0.1) is 0 Å². The molecular formula is C34H19BrO. The highest BCUT2D eigenvalue weighted by Gasteiger charge is 2.17. The molecule has 0 saturated carbocycles. The lowest BCUT2D eigenvalue weighted by molar-refractivity contribution is 0.669. The highest BCUT2D eigenvalue weighted by Crippen LogP contribution is 2.44. The zero-order valence-electron chi connectivity index (χ0n) is 26.6. The lowest BCUT2D eigenvalue weighted by Crippen LogP contribution is -1.87. The van der Waals surface area contributed by atoms with Gasteiger partial charge in [0.2, 0.25) is 0 Å². The van der Waals surface area contributed by atoms with Gasteiger partial charge in [0, 0.05) is 15.2 Å². The molecule has 1 nitrogen and oxygen atoms in total. The molecule has 0 saturated heterocycles. The molecule has 0 spiro atoms. The van der Waals surface area contributed by atoms with Crippen molar-refractivity contribution in [2.24, 2.45) is 0 Å². The summed E-state index contributed by atoms with van der Waals surface area (Å²) < 4.78 is 75.5. The van der Waals surface area contributed by atoms with Crippen molar-refractivity contribution < 1.29 is 15.4 Å². The third-order valence-electron chi connectivity index (χ3n) is 6.96. The maximum absolute atomic E-state index is 8.93. The molecule has 0 bridgehead atoms. The molecular weight excluding hydrogens is 504 g/mol. The molecule has 8 aromatic rings. The van der Waals surface area contributed by atoms with Crippen LogP contribution in [0.1, 0.15) is 11.0 Å². The summed E-state index contributed by atoms with van der Waals surface area (Å²) in [5, 5.41) is 6.59. The second kappa shape index (κ2) is 7.43. The molecule has 0 atom stereocenters. The van der Waals surface area contributed by atoms with Gasteiger partial charge in [0.15, 0.2) is 0 Å². The van der Waals surface area contributed by atoms with E-state index in [1.807, 2.05) is 30.3 Å². The highest BCUT2D eigenvalue weighted by atomic mass is 79.9. The van der Waals surface area contributed by atoms with E-state index in [2.05, 4.69) is 40.2 Å². The van der Waals surface area contributed by atoms with E-state index in [0.717, 1.165) is 32.3 Å². The van der Waals surface area contributed by atoms with Gasteiger partial charge in [0.25, 0.3) is 0 Å². The lowest BCUT2D eigenvalue weighted by Gasteiger charge is -2.14. The number of furan rings is 1. The molecule has 168 valence electrons. The number of hydrogen-bond acceptors (Lipinski definition) is 1. The van der Waals surface area contributed by atoms with Gasteiger partial charge in [-0.05, 0) is 88.3 Å². The van der Waals surface area contributed by atoms with Crippen LogP contribution < -0.4 is 0 Å². The third-order valence-corrected chi connectivity index (χ3v) is 7.75. The highest BCUT2D eigenvalue weighted by molar-refractivity contribution is 9.10. The van der Waals surface area contributed by atoms with E-state index in [-0.39, 0.29) is 50.2 Å². The van der Waals surface area contributed by atoms with Crippen molar-refractivity contribution in [2.75, 3.05) is 0 Å². The van der Waals surface area contributed by atoms with E-state index in [4.69, 9.17) is 15.4 Å². The van der Waals surface area contributed by atoms with Crippen molar-refractivity contribution in [3.63, 3.8) is 0 Å². The molecule has 1 aromatic heterocycles. The van der Waals surface area contributed by atoms with Crippen molar-refractivity contribution in [3.8, 4) is 11.1 Å². The Morgan fingerprint density at radius 3 is 2.00 bits per heavy atom. The fraction of sp³-hybridized carbons (Fsp3) is 0. The van der Waals surface area contributed by atoms with E-state index < -0.39 is 24.2 Å². The molecule has 2 heteroatoms. The summed E-state index contributed by atoms with van der Waals surface area (Å²) in [6.07, 6.45) is 0. The molecule has 0 fully saturated rings. The fourth-order valence-corrected chi connectivity index (χ4v) is 5.98. The third kappa shape index (κ3) is 2.71. The smallest absolute Gasteiger partial charge is 0.136 e. The average Bonchev–Trinajstić information content (AvgIpc) is 3.42. The van der Waals surface area contributed by atoms with Crippen molar-refractivity contribution in [1.29, 1.82) is 0 Å². The summed E-state index contributed by atoms with van der Waals surface area (Å²) in [6, 6.07) is 18.9. The monoisotopic (exact) mass is 530 g/mol. The van der Waals surface area contributed by atoms with Gasteiger partial charge in [-0.15, -0.1) is 0 Å². The minimum Gasteiger partial charge on any atom is -0.456 e. The first-order chi connectivity index (χ1) is 21.1. The van der Waals surface area contributed by atoms with E-state index in [9.17, 15) is 0 Å². The van der Waals surface area contributed by atoms with Crippen LogP contribution in [0.5, 0.6) is 0 Å². The number of benzene rings is 7. The number of halogens is 1. The SMILES string of the molecule is [2H]c1c([2H])c([2H])c2c(-c3ccc4oc5ccc6c7ccccc7ccc6c5c4c3)c3c([2H])c([2H])c([2H])c([2H])c3c(Br)c2c1[2H]. The van der Waals surface area contributed by atoms with E-state index in [0.29, 0.717) is 22.3 Å². The predicted octanol–water partition coefficient (Wildman–Crippen LogP) is 10.6. The summed E-state index contributed by atoms with van der Waals surface area (Å²) in [6.45, 7) is 0. The van der Waals surface area contributed by atoms with Crippen molar-refractivity contribution in [1.82, 2.24) is 0 Å². The van der Waals surface area contributed by atoms with Crippen LogP contribution >= 0.6 is 15.9 Å². The molecule has 0 amide bonds. The Bertz CT molecular complexity index is 2530. The molecule has 7 aromatic carbocycles. The lowest BCUT2D eigenvalue weighted by atomic mass is 9.91. The Morgan fingerprint density at radius 1 is 0.556 bits per heavy atom. The molecule has 0 aliphatic rings. The van der Waals surface area contributed by atoms with Crippen LogP contribution in [0.25, 0.3) is 76.2 Å². The van der Waals surface area contributed by atoms with Crippen LogP contribution in [-0.2, 0) is 0 Å². The number of hydrogen-bond donors (Lipinski definition) is 0. The zero-order valence-corrected chi connectivity index (χ0v) is 20.2. The summed E-state index contributed by atoms with van der Waals surface area (Å²) in [4.78, 5) is 0. The van der Waals surface area contributed by atoms with Crippen LogP contribution in [0.3, 0.4) is 0 Å². The summed E-state index contributed by atoms with van der Waals surface area (Å²) in [7, 11) is 0. The van der Waals surface area contributed by atoms with Gasteiger partial charge in [0.1, 0.15) is 11.2 Å². The summed E-state index contributed by atoms with van der Waals surface area (Å²) in [5.41, 5.74) is 2.16. The standard InChI is InChI=1S/C34H19BrO/c35-34-27-11-5-3-9-24(27)32(25-10-4-6-12-28(25)34)21-14-17-30-29(19-21)33-26-15-13-20-7-1-2-8-22(20)23(26)16-18-31(33)36-30/h1-19H/i3D,4D,5D,6D,9D,10D,11D,12D. The Hall–Kier alpha value is -4.14. The largest absolute Gasteiger partial charge is 0.456 e. The van der Waals surface area contributed by atoms with Crippen LogP contribution in [0.2, 0.25) is 0 Å². The molecule has 0 unspecified atom stereocenters. The van der Waals surface area contributed by atoms with Crippen molar-refractivity contribution in [3.05, 3.63) is 120 Å². The first-order valence-electron chi connectivity index (χ1n) is 15.5. The molecule has 0 radical (unpaired) electrons. The molecule has 1 heterocycles. The van der Waals surface area contributed by atoms with Gasteiger partial charge in [-0.2, -0.15) is 0 Å². The summed E-state index contributed by atoms with van der Waals surface area (Å²) >= 11 is 3.48. The van der Waals surface area contributed by atoms with Crippen LogP contribution in [0.15, 0.2) is 124 Å². The Morgan fingerprint density at radius 2 is 1.22 bits per heavy atom. The van der Waals surface area contributed by atoms with E-state index >= 15 is 0 Å². The molecule has 8 rings (SSSR count). The quantitative estimate of drug-likeness (QED) is 0.152. The van der Waals surface area contributed by atoms with E-state index in [1.165, 1.54) is 0 Å². The van der Waals surface area contributed by atoms with Crippen LogP contribution in [0.4, 0.5) is 0 Å². The number of fused-ring (bicyclic) bond motifs is 9. The van der Waals surface area contributed by atoms with E-state index in [1.54, 1.807) is 12.1 Å². The minimum atomic E-state index is -0.427. The second-order valence-electron chi connectivity index (χ2n) is 8.82. The summed E-state index contributed by atoms with van der Waals surface area (Å²) in [5.74, 6) is 0. The molecule has 0 aliphatic carbocycles. The zero-order chi connectivity index (χ0) is 30.8. The first-order valence-corrected chi connectivity index (χ1v) is 12.3. The van der Waals surface area contributed by atoms with Crippen LogP contribution in [-0.4, -0.2) is 0 Å². The topological polar surface area (TPSA) is 13.1 Å². The molecule has 36 heavy (non-hydrogen) atoms. The van der Waals surface area contributed by atoms with Crippen molar-refractivity contribution >= 4 is 81.0 Å². The normalized spacial score (nSPS) is 15.1. The first kappa shape index (κ1) is 13.8. The fourth-order valence-electron chi connectivity index (χ4n) is 5.39. The average molecular weight is 531 g/mol. The van der Waals surface area contributed by atoms with Gasteiger partial charge in [-0.1, -0.05) is 96.9 Å². The Kier molecular flexibility index (Phi) is 2.85. The van der Waals surface area contributed by atoms with Gasteiger partial charge in [-0.3, -0.25) is 0 Å².